The Hall–Kier alpha value is -1.42. The largest absolute Gasteiger partial charge is 0.411 e. The number of halogens is 5. The van der Waals surface area contributed by atoms with Crippen LogP contribution in [-0.2, 0) is 4.74 Å². The number of amides is 1. The van der Waals surface area contributed by atoms with Crippen molar-refractivity contribution in [1.82, 2.24) is 10.1 Å². The molecule has 1 aliphatic heterocycles. The molecule has 0 radical (unpaired) electrons. The van der Waals surface area contributed by atoms with E-state index in [1.165, 1.54) is 16.7 Å². The predicted octanol–water partition coefficient (Wildman–Crippen LogP) is 6.81. The number of carbonyl (C=O) groups excluding carboxylic acids is 1. The number of ether oxygens (including phenoxy) is 1. The first-order valence-corrected chi connectivity index (χ1v) is 11.5. The summed E-state index contributed by atoms with van der Waals surface area (Å²) in [5.41, 5.74) is 0.537. The van der Waals surface area contributed by atoms with Crippen LogP contribution in [0.25, 0.3) is 11.3 Å². The molecular weight excluding hydrogens is 488 g/mol. The number of thioether (sulfide) groups is 1. The van der Waals surface area contributed by atoms with E-state index in [9.17, 15) is 18.0 Å². The van der Waals surface area contributed by atoms with E-state index in [0.717, 1.165) is 0 Å². The molecule has 1 aromatic carbocycles. The molecule has 1 fully saturated rings. The molecule has 5 nitrogen and oxygen atoms in total. The van der Waals surface area contributed by atoms with Gasteiger partial charge in [0.05, 0.1) is 20.2 Å². The third kappa shape index (κ3) is 4.90. The van der Waals surface area contributed by atoms with Gasteiger partial charge in [-0.1, -0.05) is 48.3 Å². The summed E-state index contributed by atoms with van der Waals surface area (Å²) >= 11 is 14.0. The molecule has 32 heavy (non-hydrogen) atoms. The molecule has 0 bridgehead atoms. The minimum atomic E-state index is -4.53. The number of aromatic nitrogens is 1. The van der Waals surface area contributed by atoms with Crippen LogP contribution in [0.15, 0.2) is 22.7 Å². The number of hydrogen-bond donors (Lipinski definition) is 0. The van der Waals surface area contributed by atoms with Crippen LogP contribution in [0, 0.1) is 12.8 Å². The SMILES string of the molecule is Cc1onc(-c2c(Cl)cccc2Cl)c1C(=O)N1C(C(C)C)SC(C)(C)C1OCC(F)(F)F. The minimum absolute atomic E-state index is 0.0600. The standard InChI is InChI=1S/C21H23Cl2F3N2O3S/c1-10(2)18-28(19(20(4,5)32-18)30-9-21(24,25)26)17(29)14-11(3)31-27-16(14)15-12(22)7-6-8-13(15)23/h6-8,10,18-19H,9H2,1-5H3. The van der Waals surface area contributed by atoms with Crippen LogP contribution < -0.4 is 0 Å². The topological polar surface area (TPSA) is 55.6 Å². The van der Waals surface area contributed by atoms with Gasteiger partial charge in [-0.05, 0) is 38.8 Å². The van der Waals surface area contributed by atoms with Crippen LogP contribution in [0.1, 0.15) is 43.8 Å². The molecule has 0 spiro atoms. The summed E-state index contributed by atoms with van der Waals surface area (Å²) in [7, 11) is 0. The van der Waals surface area contributed by atoms with E-state index in [4.69, 9.17) is 32.5 Å². The summed E-state index contributed by atoms with van der Waals surface area (Å²) in [5, 5.41) is 4.10. The molecule has 11 heteroatoms. The smallest absolute Gasteiger partial charge is 0.360 e. The number of benzene rings is 1. The highest BCUT2D eigenvalue weighted by molar-refractivity contribution is 8.01. The highest BCUT2D eigenvalue weighted by Crippen LogP contribution is 2.49. The molecule has 2 aromatic rings. The molecule has 176 valence electrons. The van der Waals surface area contributed by atoms with Gasteiger partial charge in [-0.15, -0.1) is 11.8 Å². The van der Waals surface area contributed by atoms with Gasteiger partial charge in [0.25, 0.3) is 5.91 Å². The van der Waals surface area contributed by atoms with Crippen molar-refractivity contribution in [2.75, 3.05) is 6.61 Å². The van der Waals surface area contributed by atoms with Crippen molar-refractivity contribution in [2.45, 2.75) is 57.1 Å². The Kier molecular flexibility index (Phi) is 7.15. The van der Waals surface area contributed by atoms with Crippen LogP contribution in [0.2, 0.25) is 10.0 Å². The molecule has 2 heterocycles. The summed E-state index contributed by atoms with van der Waals surface area (Å²) in [5.74, 6) is -0.415. The molecule has 0 saturated carbocycles. The zero-order valence-electron chi connectivity index (χ0n) is 18.1. The second-order valence-corrected chi connectivity index (χ2v) is 11.0. The first-order chi connectivity index (χ1) is 14.7. The third-order valence-corrected chi connectivity index (χ3v) is 7.48. The van der Waals surface area contributed by atoms with E-state index in [2.05, 4.69) is 5.16 Å². The number of hydrogen-bond acceptors (Lipinski definition) is 5. The first-order valence-electron chi connectivity index (χ1n) is 9.84. The van der Waals surface area contributed by atoms with Crippen molar-refractivity contribution >= 4 is 40.9 Å². The lowest BCUT2D eigenvalue weighted by molar-refractivity contribution is -0.201. The normalized spacial score (nSPS) is 20.9. The van der Waals surface area contributed by atoms with Crippen molar-refractivity contribution < 1.29 is 27.2 Å². The van der Waals surface area contributed by atoms with Crippen LogP contribution in [0.4, 0.5) is 13.2 Å². The summed E-state index contributed by atoms with van der Waals surface area (Å²) in [6, 6.07) is 4.85. The zero-order chi connectivity index (χ0) is 24.0. The summed E-state index contributed by atoms with van der Waals surface area (Å²) in [4.78, 5) is 15.2. The summed E-state index contributed by atoms with van der Waals surface area (Å²) in [6.07, 6.45) is -5.66. The van der Waals surface area contributed by atoms with Gasteiger partial charge in [0, 0.05) is 5.56 Å². The molecule has 1 amide bonds. The van der Waals surface area contributed by atoms with Crippen LogP contribution in [-0.4, -0.2) is 45.1 Å². The van der Waals surface area contributed by atoms with Crippen molar-refractivity contribution in [3.63, 3.8) is 0 Å². The quantitative estimate of drug-likeness (QED) is 0.442. The van der Waals surface area contributed by atoms with Crippen LogP contribution in [0.5, 0.6) is 0 Å². The first kappa shape index (κ1) is 25.2. The number of nitrogens with zero attached hydrogens (tertiary/aromatic N) is 2. The number of rotatable bonds is 5. The fourth-order valence-electron chi connectivity index (χ4n) is 3.68. The maximum absolute atomic E-state index is 13.8. The van der Waals surface area contributed by atoms with E-state index in [1.807, 2.05) is 13.8 Å². The maximum atomic E-state index is 13.8. The second kappa shape index (κ2) is 9.08. The number of carbonyl (C=O) groups is 1. The highest BCUT2D eigenvalue weighted by atomic mass is 35.5. The zero-order valence-corrected chi connectivity index (χ0v) is 20.4. The Morgan fingerprint density at radius 3 is 2.44 bits per heavy atom. The lowest BCUT2D eigenvalue weighted by Gasteiger charge is -2.34. The Bertz CT molecular complexity index is 990. The number of alkyl halides is 3. The van der Waals surface area contributed by atoms with E-state index >= 15 is 0 Å². The Labute approximate surface area is 198 Å². The Morgan fingerprint density at radius 2 is 1.91 bits per heavy atom. The van der Waals surface area contributed by atoms with Gasteiger partial charge < -0.3 is 9.26 Å². The van der Waals surface area contributed by atoms with Crippen LogP contribution in [0.3, 0.4) is 0 Å². The van der Waals surface area contributed by atoms with E-state index in [-0.39, 0.29) is 33.0 Å². The molecule has 1 aromatic heterocycles. The van der Waals surface area contributed by atoms with Gasteiger partial charge in [0.1, 0.15) is 29.9 Å². The molecule has 2 unspecified atom stereocenters. The predicted molar refractivity (Wildman–Crippen MR) is 119 cm³/mol. The maximum Gasteiger partial charge on any atom is 0.411 e. The Morgan fingerprint density at radius 1 is 1.31 bits per heavy atom. The second-order valence-electron chi connectivity index (χ2n) is 8.41. The van der Waals surface area contributed by atoms with Gasteiger partial charge in [0.2, 0.25) is 0 Å². The van der Waals surface area contributed by atoms with Crippen molar-refractivity contribution in [3.05, 3.63) is 39.6 Å². The monoisotopic (exact) mass is 510 g/mol. The Balaban J connectivity index is 2.10. The lowest BCUT2D eigenvalue weighted by Crippen LogP contribution is -2.49. The van der Waals surface area contributed by atoms with Crippen molar-refractivity contribution in [1.29, 1.82) is 0 Å². The van der Waals surface area contributed by atoms with Gasteiger partial charge in [-0.25, -0.2) is 0 Å². The fraction of sp³-hybridized carbons (Fsp3) is 0.524. The molecular formula is C21H23Cl2F3N2O3S. The third-order valence-electron chi connectivity index (χ3n) is 5.03. The van der Waals surface area contributed by atoms with E-state index < -0.39 is 35.0 Å². The van der Waals surface area contributed by atoms with Gasteiger partial charge >= 0.3 is 6.18 Å². The van der Waals surface area contributed by atoms with Crippen molar-refractivity contribution in [3.8, 4) is 11.3 Å². The highest BCUT2D eigenvalue weighted by Gasteiger charge is 2.53. The van der Waals surface area contributed by atoms with E-state index in [1.54, 1.807) is 39.0 Å². The molecule has 3 rings (SSSR count). The molecule has 2 atom stereocenters. The van der Waals surface area contributed by atoms with Crippen LogP contribution >= 0.6 is 35.0 Å². The molecule has 1 saturated heterocycles. The summed E-state index contributed by atoms with van der Waals surface area (Å²) in [6.45, 7) is 7.39. The molecule has 0 N–H and O–H groups in total. The van der Waals surface area contributed by atoms with Gasteiger partial charge in [0.15, 0.2) is 0 Å². The van der Waals surface area contributed by atoms with E-state index in [0.29, 0.717) is 5.56 Å². The van der Waals surface area contributed by atoms with Crippen molar-refractivity contribution in [2.24, 2.45) is 5.92 Å². The minimum Gasteiger partial charge on any atom is -0.360 e. The number of aryl methyl sites for hydroxylation is 1. The van der Waals surface area contributed by atoms with Gasteiger partial charge in [-0.2, -0.15) is 13.2 Å². The average Bonchev–Trinajstić information content (AvgIpc) is 3.15. The fourth-order valence-corrected chi connectivity index (χ4v) is 5.77. The lowest BCUT2D eigenvalue weighted by atomic mass is 10.0. The molecule has 0 aliphatic carbocycles. The van der Waals surface area contributed by atoms with Gasteiger partial charge in [-0.3, -0.25) is 9.69 Å². The summed E-state index contributed by atoms with van der Waals surface area (Å²) < 4.78 is 48.7. The average molecular weight is 511 g/mol. The molecule has 1 aliphatic rings.